The zero-order valence-electron chi connectivity index (χ0n) is 20.7. The first-order valence-corrected chi connectivity index (χ1v) is 12.3. The minimum Gasteiger partial charge on any atom is -0.490 e. The molecule has 0 aliphatic rings. The minimum absolute atomic E-state index is 0.0623. The van der Waals surface area contributed by atoms with Gasteiger partial charge in [0.05, 0.1) is 18.3 Å². The van der Waals surface area contributed by atoms with Crippen LogP contribution >= 0.6 is 15.9 Å². The summed E-state index contributed by atoms with van der Waals surface area (Å²) in [7, 11) is 0. The number of hydrogen-bond acceptors (Lipinski definition) is 7. The number of nitrogens with zero attached hydrogens (tertiary/aromatic N) is 1. The highest BCUT2D eigenvalue weighted by molar-refractivity contribution is 9.10. The number of carbonyl (C=O) groups excluding carboxylic acids is 2. The van der Waals surface area contributed by atoms with Gasteiger partial charge >= 0.3 is 0 Å². The van der Waals surface area contributed by atoms with E-state index in [2.05, 4.69) is 37.1 Å². The van der Waals surface area contributed by atoms with Gasteiger partial charge in [0.2, 0.25) is 0 Å². The van der Waals surface area contributed by atoms with Gasteiger partial charge in [-0.15, -0.1) is 0 Å². The number of anilines is 1. The average Bonchev–Trinajstić information content (AvgIpc) is 2.87. The molecule has 0 radical (unpaired) electrons. The van der Waals surface area contributed by atoms with E-state index >= 15 is 0 Å². The molecule has 0 fully saturated rings. The predicted molar refractivity (Wildman–Crippen MR) is 145 cm³/mol. The second-order valence-corrected chi connectivity index (χ2v) is 9.13. The monoisotopic (exact) mass is 568 g/mol. The lowest BCUT2D eigenvalue weighted by atomic mass is 10.0. The Hall–Kier alpha value is -4.12. The highest BCUT2D eigenvalue weighted by Crippen LogP contribution is 2.33. The van der Waals surface area contributed by atoms with Gasteiger partial charge in [0, 0.05) is 28.1 Å². The number of rotatable bonds is 10. The summed E-state index contributed by atoms with van der Waals surface area (Å²) in [6, 6.07) is 12.7. The van der Waals surface area contributed by atoms with Gasteiger partial charge in [-0.05, 0) is 84.7 Å². The molecule has 0 bridgehead atoms. The van der Waals surface area contributed by atoms with Crippen LogP contribution in [0.5, 0.6) is 11.5 Å². The summed E-state index contributed by atoms with van der Waals surface area (Å²) < 4.78 is 12.2. The molecular formula is C26H29BrN6O4. The van der Waals surface area contributed by atoms with Crippen LogP contribution in [-0.4, -0.2) is 35.3 Å². The quantitative estimate of drug-likeness (QED) is 0.141. The Morgan fingerprint density at radius 1 is 1.03 bits per heavy atom. The maximum absolute atomic E-state index is 13.3. The van der Waals surface area contributed by atoms with Crippen molar-refractivity contribution in [2.24, 2.45) is 5.73 Å². The maximum Gasteiger partial charge on any atom is 0.271 e. The minimum atomic E-state index is -0.920. The molecule has 194 valence electrons. The Kier molecular flexibility index (Phi) is 9.45. The van der Waals surface area contributed by atoms with E-state index in [1.165, 1.54) is 6.20 Å². The number of nitrogens with one attached hydrogen (secondary N) is 4. The van der Waals surface area contributed by atoms with Crippen LogP contribution in [-0.2, 0) is 4.79 Å². The van der Waals surface area contributed by atoms with Gasteiger partial charge in [-0.2, -0.15) is 0 Å². The second-order valence-electron chi connectivity index (χ2n) is 8.21. The van der Waals surface area contributed by atoms with Crippen molar-refractivity contribution in [1.82, 2.24) is 15.8 Å². The number of halogens is 1. The molecule has 0 spiro atoms. The van der Waals surface area contributed by atoms with Gasteiger partial charge < -0.3 is 20.5 Å². The predicted octanol–water partition coefficient (Wildman–Crippen LogP) is 3.93. The normalized spacial score (nSPS) is 11.4. The van der Waals surface area contributed by atoms with E-state index in [1.807, 2.05) is 20.8 Å². The first kappa shape index (κ1) is 27.5. The van der Waals surface area contributed by atoms with E-state index in [0.29, 0.717) is 39.4 Å². The second kappa shape index (κ2) is 12.7. The number of amidine groups is 1. The fraction of sp³-hybridized carbons (Fsp3) is 0.231. The first-order valence-electron chi connectivity index (χ1n) is 11.5. The molecule has 3 rings (SSSR count). The molecule has 37 heavy (non-hydrogen) atoms. The lowest BCUT2D eigenvalue weighted by molar-refractivity contribution is -0.122. The van der Waals surface area contributed by atoms with Crippen LogP contribution in [0.4, 0.5) is 5.69 Å². The van der Waals surface area contributed by atoms with Crippen LogP contribution in [0.1, 0.15) is 48.3 Å². The largest absolute Gasteiger partial charge is 0.490 e. The third kappa shape index (κ3) is 7.68. The standard InChI is InChI=1S/C26H29BrN6O4/c1-4-36-22-12-17(7-10-21(22)37-15(2)3)23(31-20-8-5-16(6-9-20)24(28)29)26(35)33-32-25(34)18-11-19(27)14-30-13-18/h5-15,23,31H,4H2,1-3H3,(H3,28,29)(H,32,34)(H,33,35). The third-order valence-corrected chi connectivity index (χ3v) is 5.43. The molecule has 1 heterocycles. The van der Waals surface area contributed by atoms with Crippen LogP contribution in [0.3, 0.4) is 0 Å². The van der Waals surface area contributed by atoms with E-state index < -0.39 is 17.9 Å². The van der Waals surface area contributed by atoms with E-state index in [-0.39, 0.29) is 17.5 Å². The highest BCUT2D eigenvalue weighted by atomic mass is 79.9. The smallest absolute Gasteiger partial charge is 0.271 e. The lowest BCUT2D eigenvalue weighted by Crippen LogP contribution is -2.45. The molecule has 1 atom stereocenters. The van der Waals surface area contributed by atoms with Crippen molar-refractivity contribution in [2.45, 2.75) is 32.9 Å². The van der Waals surface area contributed by atoms with Crippen molar-refractivity contribution in [3.63, 3.8) is 0 Å². The van der Waals surface area contributed by atoms with Crippen LogP contribution in [0.2, 0.25) is 0 Å². The number of pyridine rings is 1. The molecular weight excluding hydrogens is 540 g/mol. The number of benzene rings is 2. The van der Waals surface area contributed by atoms with Crippen LogP contribution < -0.4 is 31.4 Å². The Bertz CT molecular complexity index is 1270. The summed E-state index contributed by atoms with van der Waals surface area (Å²) in [4.78, 5) is 29.8. The Morgan fingerprint density at radius 2 is 1.76 bits per heavy atom. The number of aromatic nitrogens is 1. The number of nitrogen functional groups attached to an aromatic ring is 1. The van der Waals surface area contributed by atoms with Crippen molar-refractivity contribution in [3.8, 4) is 11.5 Å². The van der Waals surface area contributed by atoms with E-state index in [4.69, 9.17) is 20.6 Å². The Morgan fingerprint density at radius 3 is 2.38 bits per heavy atom. The molecule has 6 N–H and O–H groups in total. The molecule has 0 aliphatic heterocycles. The summed E-state index contributed by atoms with van der Waals surface area (Å²) in [6.07, 6.45) is 2.88. The molecule has 2 amide bonds. The van der Waals surface area contributed by atoms with Crippen molar-refractivity contribution in [3.05, 3.63) is 82.1 Å². The molecule has 0 aliphatic carbocycles. The number of hydrazine groups is 1. The van der Waals surface area contributed by atoms with E-state index in [0.717, 1.165) is 0 Å². The van der Waals surface area contributed by atoms with Crippen LogP contribution in [0.15, 0.2) is 65.4 Å². The zero-order valence-corrected chi connectivity index (χ0v) is 22.3. The summed E-state index contributed by atoms with van der Waals surface area (Å²) in [5.74, 6) is -0.0625. The fourth-order valence-electron chi connectivity index (χ4n) is 3.34. The highest BCUT2D eigenvalue weighted by Gasteiger charge is 2.24. The van der Waals surface area contributed by atoms with Gasteiger partial charge in [0.1, 0.15) is 11.9 Å². The van der Waals surface area contributed by atoms with Gasteiger partial charge in [-0.25, -0.2) is 0 Å². The van der Waals surface area contributed by atoms with Crippen molar-refractivity contribution < 1.29 is 19.1 Å². The number of hydrogen-bond donors (Lipinski definition) is 5. The van der Waals surface area contributed by atoms with E-state index in [9.17, 15) is 9.59 Å². The molecule has 11 heteroatoms. The molecule has 2 aromatic carbocycles. The molecule has 1 aromatic heterocycles. The van der Waals surface area contributed by atoms with Gasteiger partial charge in [-0.3, -0.25) is 30.8 Å². The number of ether oxygens (including phenoxy) is 2. The van der Waals surface area contributed by atoms with Crippen molar-refractivity contribution in [2.75, 3.05) is 11.9 Å². The van der Waals surface area contributed by atoms with Crippen molar-refractivity contribution in [1.29, 1.82) is 5.41 Å². The van der Waals surface area contributed by atoms with Crippen LogP contribution in [0, 0.1) is 5.41 Å². The molecule has 10 nitrogen and oxygen atoms in total. The van der Waals surface area contributed by atoms with Crippen LogP contribution in [0.25, 0.3) is 0 Å². The summed E-state index contributed by atoms with van der Waals surface area (Å²) >= 11 is 3.27. The SMILES string of the molecule is CCOc1cc(C(Nc2ccc(C(=N)N)cc2)C(=O)NNC(=O)c2cncc(Br)c2)ccc1OC(C)C. The summed E-state index contributed by atoms with van der Waals surface area (Å²) in [5, 5.41) is 10.8. The van der Waals surface area contributed by atoms with E-state index in [1.54, 1.807) is 54.7 Å². The number of amides is 2. The van der Waals surface area contributed by atoms with Crippen molar-refractivity contribution >= 4 is 39.3 Å². The maximum atomic E-state index is 13.3. The summed E-state index contributed by atoms with van der Waals surface area (Å²) in [5.41, 5.74) is 12.5. The van der Waals surface area contributed by atoms with Gasteiger partial charge in [0.25, 0.3) is 11.8 Å². The number of nitrogens with two attached hydrogens (primary N) is 1. The lowest BCUT2D eigenvalue weighted by Gasteiger charge is -2.22. The fourth-order valence-corrected chi connectivity index (χ4v) is 3.70. The Labute approximate surface area is 223 Å². The third-order valence-electron chi connectivity index (χ3n) is 5.00. The molecule has 0 saturated heterocycles. The summed E-state index contributed by atoms with van der Waals surface area (Å²) in [6.45, 7) is 6.09. The molecule has 3 aromatic rings. The first-order chi connectivity index (χ1) is 17.7. The average molecular weight is 569 g/mol. The molecule has 1 unspecified atom stereocenters. The number of carbonyl (C=O) groups is 2. The Balaban J connectivity index is 1.89. The van der Waals surface area contributed by atoms with Gasteiger partial charge in [-0.1, -0.05) is 6.07 Å². The molecule has 0 saturated carbocycles. The zero-order chi connectivity index (χ0) is 26.9. The van der Waals surface area contributed by atoms with Gasteiger partial charge in [0.15, 0.2) is 11.5 Å². The topological polar surface area (TPSA) is 151 Å².